The molecule has 2 heterocycles. The summed E-state index contributed by atoms with van der Waals surface area (Å²) in [4.78, 5) is 4.29. The van der Waals surface area contributed by atoms with Crippen molar-refractivity contribution in [3.8, 4) is 0 Å². The Morgan fingerprint density at radius 1 is 1.54 bits per heavy atom. The Kier molecular flexibility index (Phi) is 2.24. The molecule has 0 fully saturated rings. The van der Waals surface area contributed by atoms with E-state index in [9.17, 15) is 0 Å². The van der Waals surface area contributed by atoms with Crippen LogP contribution in [0.1, 0.15) is 22.5 Å². The molecule has 1 aliphatic heterocycles. The number of hydrogen-bond acceptors (Lipinski definition) is 3. The van der Waals surface area contributed by atoms with Crippen molar-refractivity contribution in [3.63, 3.8) is 0 Å². The summed E-state index contributed by atoms with van der Waals surface area (Å²) in [6, 6.07) is 0. The van der Waals surface area contributed by atoms with Crippen LogP contribution in [0.4, 0.5) is 0 Å². The molecule has 0 aliphatic carbocycles. The standard InChI is InChI=1S/C9H11ClN2O/c1-5-6-2-11-3-7(6)12-8(4-13)9(5)10/h11,13H,2-4H2,1H3. The smallest absolute Gasteiger partial charge is 0.0868 e. The van der Waals surface area contributed by atoms with Crippen LogP contribution < -0.4 is 5.32 Å². The molecule has 0 unspecified atom stereocenters. The predicted molar refractivity (Wildman–Crippen MR) is 50.5 cm³/mol. The normalized spacial score (nSPS) is 14.7. The molecule has 0 atom stereocenters. The number of nitrogens with zero attached hydrogens (tertiary/aromatic N) is 1. The highest BCUT2D eigenvalue weighted by atomic mass is 35.5. The minimum absolute atomic E-state index is 0.0903. The Hall–Kier alpha value is -0.640. The van der Waals surface area contributed by atoms with Crippen molar-refractivity contribution in [3.05, 3.63) is 27.5 Å². The second-order valence-corrected chi connectivity index (χ2v) is 3.56. The zero-order chi connectivity index (χ0) is 9.42. The van der Waals surface area contributed by atoms with E-state index in [1.54, 1.807) is 0 Å². The molecule has 4 heteroatoms. The van der Waals surface area contributed by atoms with Gasteiger partial charge in [0, 0.05) is 13.1 Å². The van der Waals surface area contributed by atoms with Crippen molar-refractivity contribution in [1.82, 2.24) is 10.3 Å². The van der Waals surface area contributed by atoms with Crippen molar-refractivity contribution in [2.45, 2.75) is 26.6 Å². The van der Waals surface area contributed by atoms with E-state index in [1.807, 2.05) is 6.92 Å². The van der Waals surface area contributed by atoms with Gasteiger partial charge in [-0.15, -0.1) is 0 Å². The third-order valence-corrected chi connectivity index (χ3v) is 2.90. The van der Waals surface area contributed by atoms with Crippen LogP contribution in [0.5, 0.6) is 0 Å². The molecule has 0 amide bonds. The van der Waals surface area contributed by atoms with E-state index in [4.69, 9.17) is 16.7 Å². The molecule has 0 radical (unpaired) electrons. The molecule has 13 heavy (non-hydrogen) atoms. The average Bonchev–Trinajstić information content (AvgIpc) is 2.59. The summed E-state index contributed by atoms with van der Waals surface area (Å²) in [5.74, 6) is 0. The van der Waals surface area contributed by atoms with Crippen LogP contribution in [0.25, 0.3) is 0 Å². The van der Waals surface area contributed by atoms with E-state index in [0.29, 0.717) is 10.7 Å². The molecule has 0 saturated heterocycles. The highest BCUT2D eigenvalue weighted by Gasteiger charge is 2.18. The monoisotopic (exact) mass is 198 g/mol. The van der Waals surface area contributed by atoms with Crippen LogP contribution in [0.2, 0.25) is 5.02 Å². The van der Waals surface area contributed by atoms with E-state index in [2.05, 4.69) is 10.3 Å². The summed E-state index contributed by atoms with van der Waals surface area (Å²) < 4.78 is 0. The summed E-state index contributed by atoms with van der Waals surface area (Å²) in [6.45, 7) is 3.49. The fourth-order valence-corrected chi connectivity index (χ4v) is 1.85. The lowest BCUT2D eigenvalue weighted by Gasteiger charge is -2.08. The highest BCUT2D eigenvalue weighted by Crippen LogP contribution is 2.27. The zero-order valence-corrected chi connectivity index (χ0v) is 8.15. The average molecular weight is 199 g/mol. The molecule has 70 valence electrons. The van der Waals surface area contributed by atoms with Gasteiger partial charge >= 0.3 is 0 Å². The summed E-state index contributed by atoms with van der Waals surface area (Å²) in [6.07, 6.45) is 0. The number of aromatic nitrogens is 1. The van der Waals surface area contributed by atoms with Crippen molar-refractivity contribution in [2.75, 3.05) is 0 Å². The molecular formula is C9H11ClN2O. The maximum absolute atomic E-state index is 9.01. The number of halogens is 1. The number of hydrogen-bond donors (Lipinski definition) is 2. The van der Waals surface area contributed by atoms with Gasteiger partial charge in [-0.2, -0.15) is 0 Å². The summed E-state index contributed by atoms with van der Waals surface area (Å²) in [5.41, 5.74) is 3.83. The Balaban J connectivity index is 2.61. The van der Waals surface area contributed by atoms with Crippen molar-refractivity contribution >= 4 is 11.6 Å². The largest absolute Gasteiger partial charge is 0.390 e. The first-order valence-corrected chi connectivity index (χ1v) is 4.60. The fraction of sp³-hybridized carbons (Fsp3) is 0.444. The number of nitrogens with one attached hydrogen (secondary N) is 1. The maximum Gasteiger partial charge on any atom is 0.0868 e. The van der Waals surface area contributed by atoms with Gasteiger partial charge in [-0.1, -0.05) is 11.6 Å². The minimum Gasteiger partial charge on any atom is -0.390 e. The molecule has 1 aromatic heterocycles. The van der Waals surface area contributed by atoms with Crippen LogP contribution in [-0.2, 0) is 19.7 Å². The number of aliphatic hydroxyl groups excluding tert-OH is 1. The Morgan fingerprint density at radius 2 is 2.31 bits per heavy atom. The van der Waals surface area contributed by atoms with Gasteiger partial charge in [-0.05, 0) is 18.1 Å². The first-order chi connectivity index (χ1) is 6.24. The van der Waals surface area contributed by atoms with Crippen LogP contribution in [0, 0.1) is 6.92 Å². The number of rotatable bonds is 1. The minimum atomic E-state index is -0.0903. The maximum atomic E-state index is 9.01. The lowest BCUT2D eigenvalue weighted by atomic mass is 10.1. The SMILES string of the molecule is Cc1c(Cl)c(CO)nc2c1CNC2. The quantitative estimate of drug-likeness (QED) is 0.712. The van der Waals surface area contributed by atoms with Gasteiger partial charge in [0.15, 0.2) is 0 Å². The molecule has 2 N–H and O–H groups in total. The van der Waals surface area contributed by atoms with Crippen molar-refractivity contribution < 1.29 is 5.11 Å². The van der Waals surface area contributed by atoms with E-state index >= 15 is 0 Å². The van der Waals surface area contributed by atoms with Gasteiger partial charge in [0.05, 0.1) is 23.0 Å². The van der Waals surface area contributed by atoms with Gasteiger partial charge in [0.25, 0.3) is 0 Å². The lowest BCUT2D eigenvalue weighted by molar-refractivity contribution is 0.276. The Labute approximate surface area is 81.8 Å². The van der Waals surface area contributed by atoms with Gasteiger partial charge in [0.1, 0.15) is 0 Å². The molecule has 2 rings (SSSR count). The van der Waals surface area contributed by atoms with Crippen molar-refractivity contribution in [1.29, 1.82) is 0 Å². The molecule has 0 bridgehead atoms. The van der Waals surface area contributed by atoms with Gasteiger partial charge < -0.3 is 10.4 Å². The van der Waals surface area contributed by atoms with E-state index in [1.165, 1.54) is 5.56 Å². The summed E-state index contributed by atoms with van der Waals surface area (Å²) in [7, 11) is 0. The van der Waals surface area contributed by atoms with E-state index in [0.717, 1.165) is 24.3 Å². The number of fused-ring (bicyclic) bond motifs is 1. The van der Waals surface area contributed by atoms with E-state index in [-0.39, 0.29) is 6.61 Å². The summed E-state index contributed by atoms with van der Waals surface area (Å²) in [5, 5.41) is 12.8. The first-order valence-electron chi connectivity index (χ1n) is 4.22. The first kappa shape index (κ1) is 8.94. The molecule has 3 nitrogen and oxygen atoms in total. The zero-order valence-electron chi connectivity index (χ0n) is 7.39. The third kappa shape index (κ3) is 1.33. The predicted octanol–water partition coefficient (Wildman–Crippen LogP) is 1.14. The summed E-state index contributed by atoms with van der Waals surface area (Å²) >= 11 is 6.03. The van der Waals surface area contributed by atoms with Crippen LogP contribution in [-0.4, -0.2) is 10.1 Å². The second-order valence-electron chi connectivity index (χ2n) is 3.18. The molecule has 0 saturated carbocycles. The molecule has 0 spiro atoms. The Bertz CT molecular complexity index is 351. The van der Waals surface area contributed by atoms with Gasteiger partial charge in [-0.25, -0.2) is 0 Å². The Morgan fingerprint density at radius 3 is 3.00 bits per heavy atom. The molecular weight excluding hydrogens is 188 g/mol. The third-order valence-electron chi connectivity index (χ3n) is 2.40. The number of pyridine rings is 1. The highest BCUT2D eigenvalue weighted by molar-refractivity contribution is 6.32. The van der Waals surface area contributed by atoms with Crippen molar-refractivity contribution in [2.24, 2.45) is 0 Å². The number of aliphatic hydroxyl groups is 1. The van der Waals surface area contributed by atoms with Crippen LogP contribution in [0.15, 0.2) is 0 Å². The van der Waals surface area contributed by atoms with E-state index < -0.39 is 0 Å². The topological polar surface area (TPSA) is 45.2 Å². The second kappa shape index (κ2) is 3.25. The van der Waals surface area contributed by atoms with Gasteiger partial charge in [-0.3, -0.25) is 4.98 Å². The molecule has 1 aromatic rings. The fourth-order valence-electron chi connectivity index (χ4n) is 1.64. The molecule has 0 aromatic carbocycles. The van der Waals surface area contributed by atoms with Crippen LogP contribution >= 0.6 is 11.6 Å². The molecule has 1 aliphatic rings. The van der Waals surface area contributed by atoms with Gasteiger partial charge in [0.2, 0.25) is 0 Å². The lowest BCUT2D eigenvalue weighted by Crippen LogP contribution is -2.01. The van der Waals surface area contributed by atoms with Crippen LogP contribution in [0.3, 0.4) is 0 Å².